The molecule has 2 aliphatic rings. The molecular formula is C24H28N5O11P. The molecule has 1 saturated heterocycles. The van der Waals surface area contributed by atoms with E-state index in [2.05, 4.69) is 37.0 Å². The molecule has 220 valence electrons. The number of ether oxygens (including phenoxy) is 3. The summed E-state index contributed by atoms with van der Waals surface area (Å²) in [5.74, 6) is 2.66. The van der Waals surface area contributed by atoms with Crippen LogP contribution in [0.1, 0.15) is 23.7 Å². The first-order valence-electron chi connectivity index (χ1n) is 12.3. The molecule has 5 atom stereocenters. The fourth-order valence-corrected chi connectivity index (χ4v) is 4.25. The van der Waals surface area contributed by atoms with Gasteiger partial charge in [0.25, 0.3) is 11.8 Å². The summed E-state index contributed by atoms with van der Waals surface area (Å²) in [5, 5.41) is 18.4. The average molecular weight is 593 g/mol. The normalized spacial score (nSPS) is 22.9. The van der Waals surface area contributed by atoms with Crippen LogP contribution in [0.4, 0.5) is 0 Å². The van der Waals surface area contributed by atoms with Crippen LogP contribution in [0.15, 0.2) is 41.0 Å². The molecule has 0 bridgehead atoms. The summed E-state index contributed by atoms with van der Waals surface area (Å²) in [6.07, 6.45) is -2.73. The van der Waals surface area contributed by atoms with Gasteiger partial charge in [-0.2, -0.15) is 0 Å². The van der Waals surface area contributed by atoms with Crippen molar-refractivity contribution in [3.8, 4) is 17.6 Å². The molecular weight excluding hydrogens is 565 g/mol. The van der Waals surface area contributed by atoms with Crippen molar-refractivity contribution in [3.63, 3.8) is 0 Å². The first-order chi connectivity index (χ1) is 19.5. The highest BCUT2D eigenvalue weighted by Gasteiger charge is 2.43. The number of nitrogens with zero attached hydrogens (tertiary/aromatic N) is 3. The Labute approximate surface area is 233 Å². The van der Waals surface area contributed by atoms with Crippen molar-refractivity contribution in [3.05, 3.63) is 51.9 Å². The molecule has 0 spiro atoms. The second kappa shape index (κ2) is 14.7. The van der Waals surface area contributed by atoms with Crippen LogP contribution < -0.4 is 15.4 Å². The van der Waals surface area contributed by atoms with E-state index in [1.807, 2.05) is 0 Å². The number of amides is 3. The molecule has 5 unspecified atom stereocenters. The predicted octanol–water partition coefficient (Wildman–Crippen LogP) is 0.298. The summed E-state index contributed by atoms with van der Waals surface area (Å²) < 4.78 is 31.6. The Morgan fingerprint density at radius 2 is 2.17 bits per heavy atom. The van der Waals surface area contributed by atoms with E-state index in [4.69, 9.17) is 29.5 Å². The molecule has 3 amide bonds. The van der Waals surface area contributed by atoms with Crippen LogP contribution in [-0.4, -0.2) is 83.5 Å². The first-order valence-corrected chi connectivity index (χ1v) is 13.8. The molecule has 41 heavy (non-hydrogen) atoms. The maximum atomic E-state index is 12.5. The van der Waals surface area contributed by atoms with Crippen molar-refractivity contribution in [1.29, 1.82) is 0 Å². The minimum atomic E-state index is -4.78. The van der Waals surface area contributed by atoms with E-state index in [0.29, 0.717) is 12.4 Å². The van der Waals surface area contributed by atoms with Gasteiger partial charge in [0.2, 0.25) is 5.91 Å². The van der Waals surface area contributed by atoms with Gasteiger partial charge in [-0.05, 0) is 36.7 Å². The Balaban J connectivity index is 1.58. The number of hydrogen-bond donors (Lipinski definition) is 5. The molecule has 17 heteroatoms. The van der Waals surface area contributed by atoms with E-state index < -0.39 is 62.6 Å². The Morgan fingerprint density at radius 3 is 2.88 bits per heavy atom. The molecule has 1 aromatic carbocycles. The van der Waals surface area contributed by atoms with Crippen molar-refractivity contribution in [2.24, 2.45) is 11.0 Å². The number of azide groups is 1. The van der Waals surface area contributed by atoms with Gasteiger partial charge in [-0.3, -0.25) is 24.2 Å². The molecule has 0 radical (unpaired) electrons. The van der Waals surface area contributed by atoms with Gasteiger partial charge >= 0.3 is 7.82 Å². The summed E-state index contributed by atoms with van der Waals surface area (Å²) in [7, 11) is -4.78. The molecule has 1 fully saturated rings. The number of carbonyl (C=O) groups is 3. The third kappa shape index (κ3) is 9.68. The maximum absolute atomic E-state index is 12.5. The number of rotatable bonds is 12. The van der Waals surface area contributed by atoms with Gasteiger partial charge < -0.3 is 34.4 Å². The standard InChI is InChI=1S/C24H28N5O11P/c1-2-37-21(28-29-25)13-38-16-7-3-5-14(9-16)22(31)26-8-4-6-15-10-17(24(33)27-23(15)32)19-11-18(30)20(40-19)12-39-41(34,35)36/h3,5,7,9-10,17-21,30H,2,8,11-13H2,1H3,(H,26,31)(H,27,32,33)(H2,34,35,36). The summed E-state index contributed by atoms with van der Waals surface area (Å²) in [5.41, 5.74) is 8.79. The third-order valence-electron chi connectivity index (χ3n) is 5.78. The van der Waals surface area contributed by atoms with E-state index in [1.54, 1.807) is 25.1 Å². The lowest BCUT2D eigenvalue weighted by Crippen LogP contribution is -2.44. The van der Waals surface area contributed by atoms with E-state index in [0.717, 1.165) is 0 Å². The number of aliphatic hydroxyl groups is 1. The molecule has 2 aliphatic heterocycles. The number of benzene rings is 1. The van der Waals surface area contributed by atoms with Gasteiger partial charge in [0.05, 0.1) is 36.9 Å². The van der Waals surface area contributed by atoms with Crippen molar-refractivity contribution < 1.29 is 52.6 Å². The average Bonchev–Trinajstić information content (AvgIpc) is 3.29. The van der Waals surface area contributed by atoms with Crippen LogP contribution in [0.5, 0.6) is 5.75 Å². The quantitative estimate of drug-likeness (QED) is 0.0551. The predicted molar refractivity (Wildman–Crippen MR) is 139 cm³/mol. The Hall–Kier alpha value is -3.77. The Kier molecular flexibility index (Phi) is 11.4. The molecule has 5 N–H and O–H groups in total. The smallest absolute Gasteiger partial charge is 0.469 e. The highest BCUT2D eigenvalue weighted by atomic mass is 31.2. The zero-order chi connectivity index (χ0) is 30.0. The molecule has 0 aliphatic carbocycles. The second-order valence-electron chi connectivity index (χ2n) is 8.67. The molecule has 1 aromatic rings. The summed E-state index contributed by atoms with van der Waals surface area (Å²) in [4.78, 5) is 57.6. The molecule has 0 saturated carbocycles. The summed E-state index contributed by atoms with van der Waals surface area (Å²) in [6, 6.07) is 6.23. The molecule has 16 nitrogen and oxygen atoms in total. The van der Waals surface area contributed by atoms with Crippen molar-refractivity contribution >= 4 is 25.5 Å². The topological polar surface area (TPSA) is 239 Å². The lowest BCUT2D eigenvalue weighted by Gasteiger charge is -2.23. The first kappa shape index (κ1) is 31.8. The number of imide groups is 1. The third-order valence-corrected chi connectivity index (χ3v) is 6.26. The highest BCUT2D eigenvalue weighted by Crippen LogP contribution is 2.38. The number of phosphoric ester groups is 1. The number of nitrogens with one attached hydrogen (secondary N) is 2. The SMILES string of the molecule is CCOC(COc1cccc(C(=O)NCC#CC2=CC(C3CC(O)C(COP(=O)(O)O)O3)C(=O)NC2=O)c1)N=[N+]=[N-]. The van der Waals surface area contributed by atoms with Gasteiger partial charge in [-0.25, -0.2) is 4.57 Å². The summed E-state index contributed by atoms with van der Waals surface area (Å²) >= 11 is 0. The largest absolute Gasteiger partial charge is 0.491 e. The zero-order valence-corrected chi connectivity index (χ0v) is 22.6. The maximum Gasteiger partial charge on any atom is 0.469 e. The van der Waals surface area contributed by atoms with Crippen molar-refractivity contribution in [2.45, 2.75) is 37.9 Å². The number of phosphoric acid groups is 1. The number of carbonyl (C=O) groups excluding carboxylic acids is 3. The number of aliphatic hydroxyl groups excluding tert-OH is 1. The monoisotopic (exact) mass is 593 g/mol. The van der Waals surface area contributed by atoms with E-state index in [1.165, 1.54) is 12.1 Å². The van der Waals surface area contributed by atoms with Crippen LogP contribution in [-0.2, 0) is 28.2 Å². The van der Waals surface area contributed by atoms with Crippen LogP contribution in [0, 0.1) is 17.8 Å². The van der Waals surface area contributed by atoms with Crippen LogP contribution in [0.2, 0.25) is 0 Å². The lowest BCUT2D eigenvalue weighted by molar-refractivity contribution is -0.134. The van der Waals surface area contributed by atoms with Gasteiger partial charge in [0.1, 0.15) is 18.5 Å². The van der Waals surface area contributed by atoms with E-state index >= 15 is 0 Å². The Morgan fingerprint density at radius 1 is 1.39 bits per heavy atom. The van der Waals surface area contributed by atoms with Crippen molar-refractivity contribution in [1.82, 2.24) is 10.6 Å². The molecule has 2 heterocycles. The van der Waals surface area contributed by atoms with Crippen LogP contribution in [0.3, 0.4) is 0 Å². The lowest BCUT2D eigenvalue weighted by atomic mass is 9.92. The second-order valence-corrected chi connectivity index (χ2v) is 9.90. The fourth-order valence-electron chi connectivity index (χ4n) is 3.91. The van der Waals surface area contributed by atoms with Crippen molar-refractivity contribution in [2.75, 3.05) is 26.4 Å². The highest BCUT2D eigenvalue weighted by molar-refractivity contribution is 7.46. The molecule has 3 rings (SSSR count). The zero-order valence-electron chi connectivity index (χ0n) is 21.7. The minimum Gasteiger partial charge on any atom is -0.491 e. The fraction of sp³-hybridized carbons (Fsp3) is 0.458. The van der Waals surface area contributed by atoms with Crippen LogP contribution in [0.25, 0.3) is 10.4 Å². The van der Waals surface area contributed by atoms with E-state index in [9.17, 15) is 24.1 Å². The summed E-state index contributed by atoms with van der Waals surface area (Å²) in [6.45, 7) is 1.27. The minimum absolute atomic E-state index is 0.0463. The van der Waals surface area contributed by atoms with E-state index in [-0.39, 0.29) is 30.7 Å². The van der Waals surface area contributed by atoms with Gasteiger partial charge in [-0.15, -0.1) is 0 Å². The number of hydrogen-bond acceptors (Lipinski definition) is 10. The molecule has 0 aromatic heterocycles. The Bertz CT molecular complexity index is 1330. The van der Waals surface area contributed by atoms with Gasteiger partial charge in [0.15, 0.2) is 6.23 Å². The van der Waals surface area contributed by atoms with Crippen LogP contribution >= 0.6 is 7.82 Å². The van der Waals surface area contributed by atoms with Gasteiger partial charge in [0, 0.05) is 23.5 Å². The van der Waals surface area contributed by atoms with Gasteiger partial charge in [-0.1, -0.05) is 23.0 Å².